The third kappa shape index (κ3) is 3.55. The van der Waals surface area contributed by atoms with E-state index in [1.165, 1.54) is 7.11 Å². The molecule has 3 aromatic rings. The number of aromatic nitrogens is 2. The van der Waals surface area contributed by atoms with Crippen LogP contribution < -0.4 is 14.8 Å². The van der Waals surface area contributed by atoms with E-state index in [2.05, 4.69) is 15.5 Å². The normalized spacial score (nSPS) is 10.4. The SMILES string of the molecule is COc1ccc(NC(=O)COc2nncc3ccccc23)cc1Cl. The van der Waals surface area contributed by atoms with Crippen molar-refractivity contribution in [2.45, 2.75) is 0 Å². The van der Waals surface area contributed by atoms with E-state index in [1.807, 2.05) is 24.3 Å². The lowest BCUT2D eigenvalue weighted by Gasteiger charge is -2.09. The van der Waals surface area contributed by atoms with Gasteiger partial charge in [0.2, 0.25) is 5.88 Å². The Kier molecular flexibility index (Phi) is 4.77. The van der Waals surface area contributed by atoms with Crippen LogP contribution >= 0.6 is 11.6 Å². The van der Waals surface area contributed by atoms with Crippen LogP contribution in [0.4, 0.5) is 5.69 Å². The number of amides is 1. The summed E-state index contributed by atoms with van der Waals surface area (Å²) in [5.74, 6) is 0.527. The van der Waals surface area contributed by atoms with E-state index in [0.29, 0.717) is 22.3 Å². The van der Waals surface area contributed by atoms with Gasteiger partial charge < -0.3 is 14.8 Å². The van der Waals surface area contributed by atoms with Gasteiger partial charge in [-0.1, -0.05) is 29.8 Å². The molecule has 0 spiro atoms. The number of nitrogens with zero attached hydrogens (tertiary/aromatic N) is 2. The summed E-state index contributed by atoms with van der Waals surface area (Å²) in [5, 5.41) is 12.6. The molecule has 0 saturated carbocycles. The van der Waals surface area contributed by atoms with Crippen molar-refractivity contribution < 1.29 is 14.3 Å². The van der Waals surface area contributed by atoms with Crippen LogP contribution in [-0.4, -0.2) is 29.8 Å². The molecule has 0 aliphatic rings. The lowest BCUT2D eigenvalue weighted by molar-refractivity contribution is -0.118. The number of halogens is 1. The van der Waals surface area contributed by atoms with Gasteiger partial charge in [-0.2, -0.15) is 5.10 Å². The summed E-state index contributed by atoms with van der Waals surface area (Å²) in [6, 6.07) is 12.5. The standard InChI is InChI=1S/C17H14ClN3O3/c1-23-15-7-6-12(8-14(15)18)20-16(22)10-24-17-13-5-3-2-4-11(13)9-19-21-17/h2-9H,10H2,1H3,(H,20,22). The van der Waals surface area contributed by atoms with Crippen molar-refractivity contribution in [3.05, 3.63) is 53.7 Å². The zero-order chi connectivity index (χ0) is 16.9. The summed E-state index contributed by atoms with van der Waals surface area (Å²) in [6.07, 6.45) is 1.64. The Labute approximate surface area is 143 Å². The Morgan fingerprint density at radius 2 is 2.08 bits per heavy atom. The highest BCUT2D eigenvalue weighted by molar-refractivity contribution is 6.32. The van der Waals surface area contributed by atoms with Crippen LogP contribution in [0.3, 0.4) is 0 Å². The van der Waals surface area contributed by atoms with Gasteiger partial charge in [0, 0.05) is 16.5 Å². The molecule has 0 fully saturated rings. The fourth-order valence-electron chi connectivity index (χ4n) is 2.18. The number of rotatable bonds is 5. The summed E-state index contributed by atoms with van der Waals surface area (Å²) in [4.78, 5) is 12.0. The molecule has 3 rings (SSSR count). The van der Waals surface area contributed by atoms with Crippen LogP contribution in [0.25, 0.3) is 10.8 Å². The molecule has 24 heavy (non-hydrogen) atoms. The van der Waals surface area contributed by atoms with Crippen molar-refractivity contribution in [1.29, 1.82) is 0 Å². The lowest BCUT2D eigenvalue weighted by Crippen LogP contribution is -2.20. The molecule has 7 heteroatoms. The molecule has 0 radical (unpaired) electrons. The minimum atomic E-state index is -0.328. The van der Waals surface area contributed by atoms with Crippen molar-refractivity contribution >= 4 is 34.0 Å². The van der Waals surface area contributed by atoms with Crippen LogP contribution in [0.5, 0.6) is 11.6 Å². The molecule has 1 amide bonds. The van der Waals surface area contributed by atoms with Crippen LogP contribution in [0.2, 0.25) is 5.02 Å². The second-order valence-electron chi connectivity index (χ2n) is 4.92. The average molecular weight is 344 g/mol. The second-order valence-corrected chi connectivity index (χ2v) is 5.33. The van der Waals surface area contributed by atoms with Gasteiger partial charge in [-0.3, -0.25) is 4.79 Å². The molecular formula is C17H14ClN3O3. The predicted octanol–water partition coefficient (Wildman–Crippen LogP) is 3.31. The minimum Gasteiger partial charge on any atom is -0.495 e. The van der Waals surface area contributed by atoms with Gasteiger partial charge in [0.05, 0.1) is 18.3 Å². The summed E-state index contributed by atoms with van der Waals surface area (Å²) < 4.78 is 10.6. The Morgan fingerprint density at radius 1 is 1.25 bits per heavy atom. The zero-order valence-electron chi connectivity index (χ0n) is 12.8. The van der Waals surface area contributed by atoms with Crippen molar-refractivity contribution in [2.75, 3.05) is 19.0 Å². The minimum absolute atomic E-state index is 0.188. The summed E-state index contributed by atoms with van der Waals surface area (Å²) in [7, 11) is 1.53. The second kappa shape index (κ2) is 7.14. The molecule has 0 aliphatic heterocycles. The fraction of sp³-hybridized carbons (Fsp3) is 0.118. The van der Waals surface area contributed by atoms with E-state index in [-0.39, 0.29) is 12.5 Å². The number of ether oxygens (including phenoxy) is 2. The smallest absolute Gasteiger partial charge is 0.262 e. The molecule has 0 aliphatic carbocycles. The topological polar surface area (TPSA) is 73.3 Å². The van der Waals surface area contributed by atoms with Crippen LogP contribution in [0, 0.1) is 0 Å². The molecule has 1 heterocycles. The fourth-order valence-corrected chi connectivity index (χ4v) is 2.44. The summed E-state index contributed by atoms with van der Waals surface area (Å²) >= 11 is 6.03. The maximum absolute atomic E-state index is 12.0. The molecule has 0 atom stereocenters. The molecule has 0 unspecified atom stereocenters. The Balaban J connectivity index is 1.66. The van der Waals surface area contributed by atoms with Crippen LogP contribution in [0.15, 0.2) is 48.7 Å². The number of carbonyl (C=O) groups excluding carboxylic acids is 1. The first kappa shape index (κ1) is 16.0. The first-order valence-corrected chi connectivity index (χ1v) is 7.52. The molecule has 2 aromatic carbocycles. The molecule has 122 valence electrons. The highest BCUT2D eigenvalue weighted by Crippen LogP contribution is 2.27. The van der Waals surface area contributed by atoms with Gasteiger partial charge in [0.25, 0.3) is 5.91 Å². The maximum atomic E-state index is 12.0. The number of anilines is 1. The third-order valence-corrected chi connectivity index (χ3v) is 3.61. The van der Waals surface area contributed by atoms with Gasteiger partial charge in [0.1, 0.15) is 5.75 Å². The number of carbonyl (C=O) groups is 1. The van der Waals surface area contributed by atoms with Gasteiger partial charge in [-0.15, -0.1) is 5.10 Å². The van der Waals surface area contributed by atoms with Gasteiger partial charge in [-0.25, -0.2) is 0 Å². The molecule has 0 bridgehead atoms. The van der Waals surface area contributed by atoms with Gasteiger partial charge in [-0.05, 0) is 24.3 Å². The van der Waals surface area contributed by atoms with E-state index in [0.717, 1.165) is 10.8 Å². The van der Waals surface area contributed by atoms with Crippen molar-refractivity contribution in [1.82, 2.24) is 10.2 Å². The summed E-state index contributed by atoms with van der Waals surface area (Å²) in [5.41, 5.74) is 0.554. The quantitative estimate of drug-likeness (QED) is 0.769. The van der Waals surface area contributed by atoms with E-state index < -0.39 is 0 Å². The van der Waals surface area contributed by atoms with Crippen LogP contribution in [0.1, 0.15) is 0 Å². The van der Waals surface area contributed by atoms with E-state index in [4.69, 9.17) is 21.1 Å². The molecule has 1 aromatic heterocycles. The number of nitrogens with one attached hydrogen (secondary N) is 1. The largest absolute Gasteiger partial charge is 0.495 e. The molecule has 6 nitrogen and oxygen atoms in total. The van der Waals surface area contributed by atoms with Crippen LogP contribution in [-0.2, 0) is 4.79 Å². The number of fused-ring (bicyclic) bond motifs is 1. The number of hydrogen-bond donors (Lipinski definition) is 1. The van der Waals surface area contributed by atoms with Crippen molar-refractivity contribution in [3.8, 4) is 11.6 Å². The summed E-state index contributed by atoms with van der Waals surface area (Å²) in [6.45, 7) is -0.188. The molecule has 0 saturated heterocycles. The number of methoxy groups -OCH3 is 1. The Bertz CT molecular complexity index is 881. The van der Waals surface area contributed by atoms with E-state index in [1.54, 1.807) is 24.4 Å². The lowest BCUT2D eigenvalue weighted by atomic mass is 10.2. The Hall–Kier alpha value is -2.86. The molecular weight excluding hydrogens is 330 g/mol. The highest BCUT2D eigenvalue weighted by atomic mass is 35.5. The average Bonchev–Trinajstić information content (AvgIpc) is 2.60. The third-order valence-electron chi connectivity index (χ3n) is 3.31. The highest BCUT2D eigenvalue weighted by Gasteiger charge is 2.09. The number of benzene rings is 2. The first-order chi connectivity index (χ1) is 11.7. The van der Waals surface area contributed by atoms with E-state index in [9.17, 15) is 4.79 Å². The zero-order valence-corrected chi connectivity index (χ0v) is 13.6. The van der Waals surface area contributed by atoms with Crippen molar-refractivity contribution in [2.24, 2.45) is 0 Å². The maximum Gasteiger partial charge on any atom is 0.262 e. The Morgan fingerprint density at radius 3 is 2.88 bits per heavy atom. The number of hydrogen-bond acceptors (Lipinski definition) is 5. The van der Waals surface area contributed by atoms with Gasteiger partial charge in [0.15, 0.2) is 6.61 Å². The monoisotopic (exact) mass is 343 g/mol. The van der Waals surface area contributed by atoms with E-state index >= 15 is 0 Å². The van der Waals surface area contributed by atoms with Crippen molar-refractivity contribution in [3.63, 3.8) is 0 Å². The molecule has 1 N–H and O–H groups in total. The first-order valence-electron chi connectivity index (χ1n) is 7.14. The predicted molar refractivity (Wildman–Crippen MR) is 91.7 cm³/mol. The van der Waals surface area contributed by atoms with Gasteiger partial charge >= 0.3 is 0 Å².